The molecule has 2 aromatic rings. The Morgan fingerprint density at radius 3 is 2.93 bits per heavy atom. The lowest BCUT2D eigenvalue weighted by Crippen LogP contribution is -1.93. The third-order valence-electron chi connectivity index (χ3n) is 1.76. The molecule has 0 amide bonds. The lowest BCUT2D eigenvalue weighted by Gasteiger charge is -2.06. The SMILES string of the molecule is ClCc1ccccc1Nc1nncs1. The van der Waals surface area contributed by atoms with Crippen LogP contribution in [0.25, 0.3) is 0 Å². The molecule has 1 N–H and O–H groups in total. The van der Waals surface area contributed by atoms with Crippen LogP contribution in [0.4, 0.5) is 10.8 Å². The van der Waals surface area contributed by atoms with Gasteiger partial charge in [0.1, 0.15) is 5.51 Å². The van der Waals surface area contributed by atoms with Crippen LogP contribution in [-0.2, 0) is 5.88 Å². The van der Waals surface area contributed by atoms with Gasteiger partial charge >= 0.3 is 0 Å². The average Bonchev–Trinajstić information content (AvgIpc) is 2.71. The maximum absolute atomic E-state index is 5.80. The highest BCUT2D eigenvalue weighted by Crippen LogP contribution is 2.22. The summed E-state index contributed by atoms with van der Waals surface area (Å²) in [5, 5.41) is 11.6. The molecular formula is C9H8ClN3S. The highest BCUT2D eigenvalue weighted by atomic mass is 35.5. The molecule has 14 heavy (non-hydrogen) atoms. The Bertz CT molecular complexity index is 402. The van der Waals surface area contributed by atoms with Crippen LogP contribution in [0.3, 0.4) is 0 Å². The lowest BCUT2D eigenvalue weighted by molar-refractivity contribution is 1.09. The van der Waals surface area contributed by atoms with E-state index in [-0.39, 0.29) is 0 Å². The first-order valence-corrected chi connectivity index (χ1v) is 5.48. The van der Waals surface area contributed by atoms with Crippen LogP contribution in [0.15, 0.2) is 29.8 Å². The van der Waals surface area contributed by atoms with Gasteiger partial charge in [0.15, 0.2) is 0 Å². The van der Waals surface area contributed by atoms with E-state index in [4.69, 9.17) is 11.6 Å². The van der Waals surface area contributed by atoms with Crippen LogP contribution in [0.2, 0.25) is 0 Å². The molecule has 2 rings (SSSR count). The minimum absolute atomic E-state index is 0.488. The monoisotopic (exact) mass is 225 g/mol. The van der Waals surface area contributed by atoms with Gasteiger partial charge in [-0.2, -0.15) is 0 Å². The van der Waals surface area contributed by atoms with Crippen molar-refractivity contribution in [3.63, 3.8) is 0 Å². The minimum Gasteiger partial charge on any atom is -0.330 e. The van der Waals surface area contributed by atoms with Crippen molar-refractivity contribution in [2.24, 2.45) is 0 Å². The van der Waals surface area contributed by atoms with Crippen LogP contribution in [0.1, 0.15) is 5.56 Å². The van der Waals surface area contributed by atoms with E-state index in [0.29, 0.717) is 5.88 Å². The number of para-hydroxylation sites is 1. The molecule has 3 nitrogen and oxygen atoms in total. The molecule has 0 aliphatic carbocycles. The van der Waals surface area contributed by atoms with Gasteiger partial charge in [0, 0.05) is 11.6 Å². The van der Waals surface area contributed by atoms with E-state index in [1.54, 1.807) is 5.51 Å². The Kier molecular flexibility index (Phi) is 2.96. The summed E-state index contributed by atoms with van der Waals surface area (Å²) in [6.07, 6.45) is 0. The third-order valence-corrected chi connectivity index (χ3v) is 2.66. The number of alkyl halides is 1. The number of nitrogens with zero attached hydrogens (tertiary/aromatic N) is 2. The number of halogens is 1. The fourth-order valence-corrected chi connectivity index (χ4v) is 1.79. The summed E-state index contributed by atoms with van der Waals surface area (Å²) in [6, 6.07) is 7.87. The Labute approximate surface area is 90.8 Å². The van der Waals surface area contributed by atoms with Gasteiger partial charge in [-0.05, 0) is 11.6 Å². The second kappa shape index (κ2) is 4.39. The van der Waals surface area contributed by atoms with E-state index < -0.39 is 0 Å². The van der Waals surface area contributed by atoms with E-state index in [0.717, 1.165) is 16.4 Å². The van der Waals surface area contributed by atoms with Gasteiger partial charge in [0.25, 0.3) is 0 Å². The summed E-state index contributed by atoms with van der Waals surface area (Å²) >= 11 is 7.26. The van der Waals surface area contributed by atoms with Crippen LogP contribution in [-0.4, -0.2) is 10.2 Å². The molecule has 0 radical (unpaired) electrons. The van der Waals surface area contributed by atoms with Crippen molar-refractivity contribution in [3.05, 3.63) is 35.3 Å². The predicted molar refractivity (Wildman–Crippen MR) is 59.2 cm³/mol. The molecule has 72 valence electrons. The highest BCUT2D eigenvalue weighted by molar-refractivity contribution is 7.13. The number of hydrogen-bond acceptors (Lipinski definition) is 4. The van der Waals surface area contributed by atoms with Crippen molar-refractivity contribution in [2.45, 2.75) is 5.88 Å². The smallest absolute Gasteiger partial charge is 0.209 e. The molecule has 0 spiro atoms. The Hall–Kier alpha value is -1.13. The first-order chi connectivity index (χ1) is 6.90. The molecular weight excluding hydrogens is 218 g/mol. The number of benzene rings is 1. The molecule has 0 aliphatic rings. The number of anilines is 2. The van der Waals surface area contributed by atoms with E-state index in [2.05, 4.69) is 15.5 Å². The summed E-state index contributed by atoms with van der Waals surface area (Å²) in [5.41, 5.74) is 3.73. The van der Waals surface area contributed by atoms with Gasteiger partial charge in [-0.15, -0.1) is 21.8 Å². The predicted octanol–water partition coefficient (Wildman–Crippen LogP) is 3.02. The molecule has 0 atom stereocenters. The fraction of sp³-hybridized carbons (Fsp3) is 0.111. The first-order valence-electron chi connectivity index (χ1n) is 4.07. The Morgan fingerprint density at radius 1 is 1.36 bits per heavy atom. The largest absolute Gasteiger partial charge is 0.330 e. The Balaban J connectivity index is 2.24. The summed E-state index contributed by atoms with van der Waals surface area (Å²) in [7, 11) is 0. The first kappa shape index (κ1) is 9.43. The summed E-state index contributed by atoms with van der Waals surface area (Å²) in [5.74, 6) is 0.488. The molecule has 0 saturated carbocycles. The van der Waals surface area contributed by atoms with Crippen LogP contribution in [0, 0.1) is 0 Å². The fourth-order valence-electron chi connectivity index (χ4n) is 1.10. The minimum atomic E-state index is 0.488. The van der Waals surface area contributed by atoms with E-state index >= 15 is 0 Å². The zero-order valence-corrected chi connectivity index (χ0v) is 8.85. The van der Waals surface area contributed by atoms with Gasteiger partial charge in [0.05, 0.1) is 0 Å². The quantitative estimate of drug-likeness (QED) is 0.816. The maximum atomic E-state index is 5.80. The second-order valence-electron chi connectivity index (χ2n) is 2.66. The number of hydrogen-bond donors (Lipinski definition) is 1. The van der Waals surface area contributed by atoms with Gasteiger partial charge in [-0.25, -0.2) is 0 Å². The standard InChI is InChI=1S/C9H8ClN3S/c10-5-7-3-1-2-4-8(7)12-9-13-11-6-14-9/h1-4,6H,5H2,(H,12,13). The maximum Gasteiger partial charge on any atom is 0.209 e. The summed E-state index contributed by atoms with van der Waals surface area (Å²) in [6.45, 7) is 0. The summed E-state index contributed by atoms with van der Waals surface area (Å²) in [4.78, 5) is 0. The van der Waals surface area contributed by atoms with Crippen LogP contribution in [0.5, 0.6) is 0 Å². The molecule has 0 saturated heterocycles. The molecule has 0 aliphatic heterocycles. The zero-order chi connectivity index (χ0) is 9.80. The van der Waals surface area contributed by atoms with Crippen molar-refractivity contribution in [1.82, 2.24) is 10.2 Å². The normalized spacial score (nSPS) is 10.1. The molecule has 0 bridgehead atoms. The van der Waals surface area contributed by atoms with E-state index in [1.807, 2.05) is 24.3 Å². The highest BCUT2D eigenvalue weighted by Gasteiger charge is 2.01. The Morgan fingerprint density at radius 2 is 2.21 bits per heavy atom. The third kappa shape index (κ3) is 2.02. The average molecular weight is 226 g/mol. The molecule has 5 heteroatoms. The van der Waals surface area contributed by atoms with E-state index in [9.17, 15) is 0 Å². The lowest BCUT2D eigenvalue weighted by atomic mass is 10.2. The van der Waals surface area contributed by atoms with Crippen LogP contribution >= 0.6 is 22.9 Å². The number of nitrogens with one attached hydrogen (secondary N) is 1. The molecule has 1 aromatic heterocycles. The molecule has 0 unspecified atom stereocenters. The van der Waals surface area contributed by atoms with Gasteiger partial charge < -0.3 is 5.32 Å². The van der Waals surface area contributed by atoms with E-state index in [1.165, 1.54) is 11.3 Å². The summed E-state index contributed by atoms with van der Waals surface area (Å²) < 4.78 is 0. The van der Waals surface area contributed by atoms with Gasteiger partial charge in [0.2, 0.25) is 5.13 Å². The topological polar surface area (TPSA) is 37.8 Å². The van der Waals surface area contributed by atoms with Crippen LogP contribution < -0.4 is 5.32 Å². The zero-order valence-electron chi connectivity index (χ0n) is 7.27. The molecule has 0 fully saturated rings. The van der Waals surface area contributed by atoms with Crippen molar-refractivity contribution >= 4 is 33.8 Å². The molecule has 1 heterocycles. The number of aromatic nitrogens is 2. The van der Waals surface area contributed by atoms with Crippen molar-refractivity contribution in [3.8, 4) is 0 Å². The number of rotatable bonds is 3. The molecule has 1 aromatic carbocycles. The van der Waals surface area contributed by atoms with Crippen molar-refractivity contribution in [2.75, 3.05) is 5.32 Å². The second-order valence-corrected chi connectivity index (χ2v) is 3.76. The van der Waals surface area contributed by atoms with Crippen molar-refractivity contribution in [1.29, 1.82) is 0 Å². The van der Waals surface area contributed by atoms with Gasteiger partial charge in [-0.3, -0.25) is 0 Å². The van der Waals surface area contributed by atoms with Crippen molar-refractivity contribution < 1.29 is 0 Å². The van der Waals surface area contributed by atoms with Gasteiger partial charge in [-0.1, -0.05) is 29.5 Å².